The number of quaternary nitrogens is 1. The third-order valence-corrected chi connectivity index (χ3v) is 5.26. The molecule has 3 rings (SSSR count). The Morgan fingerprint density at radius 2 is 1.72 bits per heavy atom. The molecule has 8 nitrogen and oxygen atoms in total. The maximum absolute atomic E-state index is 12.2. The summed E-state index contributed by atoms with van der Waals surface area (Å²) in [5.74, 6) is -0.621. The van der Waals surface area contributed by atoms with E-state index < -0.39 is 18.1 Å². The Balaban J connectivity index is 1.61. The summed E-state index contributed by atoms with van der Waals surface area (Å²) in [6, 6.07) is 12.1. The number of fused-ring (bicyclic) bond motifs is 1. The quantitative estimate of drug-likeness (QED) is 0.421. The average Bonchev–Trinajstić information content (AvgIpc) is 3.28. The van der Waals surface area contributed by atoms with Gasteiger partial charge in [0.15, 0.2) is 18.1 Å². The van der Waals surface area contributed by atoms with E-state index in [-0.39, 0.29) is 12.6 Å². The summed E-state index contributed by atoms with van der Waals surface area (Å²) in [5, 5.41) is 5.24. The maximum atomic E-state index is 12.2. The molecule has 3 N–H and O–H groups in total. The van der Waals surface area contributed by atoms with Gasteiger partial charge in [0.2, 0.25) is 0 Å². The first kappa shape index (κ1) is 21.0. The lowest BCUT2D eigenvalue weighted by Gasteiger charge is -2.31. The molecular weight excluding hydrogens is 374 g/mol. The summed E-state index contributed by atoms with van der Waals surface area (Å²) < 4.78 is 15.6. The topological polar surface area (TPSA) is 94.2 Å². The van der Waals surface area contributed by atoms with Crippen molar-refractivity contribution in [3.63, 3.8) is 0 Å². The minimum atomic E-state index is -0.721. The standard InChI is InChI=1S/C21H27N3O5/c1-27-19(28-2)13-23-21(26)20(25)22-12-17(18-8-5-11-29-18)24-10-9-15-6-3-4-7-16(15)14-24/h3-8,11,17,19H,9-10,12-14H2,1-2H3,(H,22,25)(H,23,26)/p+1/t17-/m0/s1. The number of nitrogens with one attached hydrogen (secondary N) is 3. The first-order chi connectivity index (χ1) is 14.1. The molecule has 1 aliphatic heterocycles. The lowest BCUT2D eigenvalue weighted by Crippen LogP contribution is -3.12. The number of hydrogen-bond acceptors (Lipinski definition) is 5. The fourth-order valence-electron chi connectivity index (χ4n) is 3.63. The SMILES string of the molecule is COC(CNC(=O)C(=O)NC[C@@H](c1ccco1)[NH+]1CCc2ccccc2C1)OC. The predicted octanol–water partition coefficient (Wildman–Crippen LogP) is -0.187. The lowest BCUT2D eigenvalue weighted by molar-refractivity contribution is -0.946. The van der Waals surface area contributed by atoms with Gasteiger partial charge in [-0.25, -0.2) is 0 Å². The van der Waals surface area contributed by atoms with E-state index in [1.807, 2.05) is 18.2 Å². The third kappa shape index (κ3) is 5.44. The molecule has 1 unspecified atom stereocenters. The second-order valence-electron chi connectivity index (χ2n) is 6.99. The summed E-state index contributed by atoms with van der Waals surface area (Å²) in [5.41, 5.74) is 2.67. The fraction of sp³-hybridized carbons (Fsp3) is 0.429. The van der Waals surface area contributed by atoms with Crippen molar-refractivity contribution in [2.24, 2.45) is 0 Å². The van der Waals surface area contributed by atoms with Crippen molar-refractivity contribution < 1.29 is 28.4 Å². The monoisotopic (exact) mass is 402 g/mol. The van der Waals surface area contributed by atoms with Crippen LogP contribution in [0.15, 0.2) is 47.1 Å². The van der Waals surface area contributed by atoms with E-state index >= 15 is 0 Å². The highest BCUT2D eigenvalue weighted by Gasteiger charge is 2.31. The van der Waals surface area contributed by atoms with E-state index in [4.69, 9.17) is 13.9 Å². The van der Waals surface area contributed by atoms with Gasteiger partial charge in [0.25, 0.3) is 0 Å². The van der Waals surface area contributed by atoms with Crippen molar-refractivity contribution in [3.8, 4) is 0 Å². The van der Waals surface area contributed by atoms with Crippen LogP contribution in [0.4, 0.5) is 0 Å². The number of amides is 2. The highest BCUT2D eigenvalue weighted by atomic mass is 16.7. The summed E-state index contributed by atoms with van der Waals surface area (Å²) in [4.78, 5) is 25.6. The number of ether oxygens (including phenoxy) is 2. The van der Waals surface area contributed by atoms with Crippen LogP contribution in [-0.4, -0.2) is 52.0 Å². The van der Waals surface area contributed by atoms with Crippen LogP contribution in [0, 0.1) is 0 Å². The van der Waals surface area contributed by atoms with Crippen LogP contribution in [0.25, 0.3) is 0 Å². The van der Waals surface area contributed by atoms with Gasteiger partial charge >= 0.3 is 11.8 Å². The molecular formula is C21H28N3O5+. The largest absolute Gasteiger partial charge is 0.463 e. The van der Waals surface area contributed by atoms with E-state index in [1.165, 1.54) is 30.2 Å². The predicted molar refractivity (Wildman–Crippen MR) is 105 cm³/mol. The van der Waals surface area contributed by atoms with E-state index in [9.17, 15) is 9.59 Å². The molecule has 1 aromatic carbocycles. The number of furan rings is 1. The number of benzene rings is 1. The van der Waals surface area contributed by atoms with Gasteiger partial charge < -0.3 is 29.4 Å². The van der Waals surface area contributed by atoms with Crippen molar-refractivity contribution in [3.05, 3.63) is 59.5 Å². The van der Waals surface area contributed by atoms with Crippen molar-refractivity contribution in [1.29, 1.82) is 0 Å². The van der Waals surface area contributed by atoms with Crippen LogP contribution >= 0.6 is 0 Å². The summed E-state index contributed by atoms with van der Waals surface area (Å²) >= 11 is 0. The Morgan fingerprint density at radius 3 is 2.38 bits per heavy atom. The first-order valence-corrected chi connectivity index (χ1v) is 9.68. The zero-order valence-corrected chi connectivity index (χ0v) is 16.8. The van der Waals surface area contributed by atoms with E-state index in [0.717, 1.165) is 25.3 Å². The van der Waals surface area contributed by atoms with Crippen molar-refractivity contribution in [2.75, 3.05) is 33.9 Å². The second kappa shape index (κ2) is 10.2. The van der Waals surface area contributed by atoms with Crippen LogP contribution in [-0.2, 0) is 32.0 Å². The van der Waals surface area contributed by atoms with Crippen LogP contribution in [0.5, 0.6) is 0 Å². The number of methoxy groups -OCH3 is 2. The Morgan fingerprint density at radius 1 is 1.03 bits per heavy atom. The zero-order valence-electron chi connectivity index (χ0n) is 16.8. The van der Waals surface area contributed by atoms with Crippen LogP contribution in [0.2, 0.25) is 0 Å². The van der Waals surface area contributed by atoms with E-state index in [2.05, 4.69) is 28.8 Å². The highest BCUT2D eigenvalue weighted by Crippen LogP contribution is 2.15. The lowest BCUT2D eigenvalue weighted by atomic mass is 9.98. The first-order valence-electron chi connectivity index (χ1n) is 9.68. The van der Waals surface area contributed by atoms with Crippen LogP contribution in [0.3, 0.4) is 0 Å². The molecule has 29 heavy (non-hydrogen) atoms. The van der Waals surface area contributed by atoms with E-state index in [0.29, 0.717) is 6.54 Å². The molecule has 2 heterocycles. The van der Waals surface area contributed by atoms with Gasteiger partial charge in [-0.3, -0.25) is 9.59 Å². The Kier molecular flexibility index (Phi) is 7.40. The third-order valence-electron chi connectivity index (χ3n) is 5.26. The molecule has 0 saturated carbocycles. The molecule has 156 valence electrons. The van der Waals surface area contributed by atoms with Gasteiger partial charge in [0.1, 0.15) is 6.54 Å². The van der Waals surface area contributed by atoms with Crippen molar-refractivity contribution in [2.45, 2.75) is 25.3 Å². The van der Waals surface area contributed by atoms with Gasteiger partial charge in [0, 0.05) is 26.2 Å². The minimum absolute atomic E-state index is 0.0826. The number of hydrogen-bond donors (Lipinski definition) is 3. The Labute approximate surface area is 170 Å². The van der Waals surface area contributed by atoms with Gasteiger partial charge in [-0.2, -0.15) is 0 Å². The summed E-state index contributed by atoms with van der Waals surface area (Å²) in [7, 11) is 2.93. The smallest absolute Gasteiger partial charge is 0.309 e. The van der Waals surface area contributed by atoms with Crippen LogP contribution < -0.4 is 15.5 Å². The molecule has 8 heteroatoms. The molecule has 2 atom stereocenters. The van der Waals surface area contributed by atoms with Crippen molar-refractivity contribution in [1.82, 2.24) is 10.6 Å². The molecule has 2 amide bonds. The number of carbonyl (C=O) groups is 2. The number of carbonyl (C=O) groups excluding carboxylic acids is 2. The molecule has 0 spiro atoms. The molecule has 0 saturated heterocycles. The molecule has 1 aliphatic rings. The van der Waals surface area contributed by atoms with Gasteiger partial charge in [-0.15, -0.1) is 0 Å². The summed E-state index contributed by atoms with van der Waals surface area (Å²) in [6.45, 7) is 2.16. The minimum Gasteiger partial charge on any atom is -0.463 e. The average molecular weight is 402 g/mol. The molecule has 0 bridgehead atoms. The van der Waals surface area contributed by atoms with Gasteiger partial charge in [-0.05, 0) is 17.7 Å². The van der Waals surface area contributed by atoms with E-state index in [1.54, 1.807) is 6.26 Å². The maximum Gasteiger partial charge on any atom is 0.309 e. The Bertz CT molecular complexity index is 804. The Hall–Kier alpha value is -2.68. The molecule has 0 fully saturated rings. The highest BCUT2D eigenvalue weighted by molar-refractivity contribution is 6.35. The molecule has 1 aromatic heterocycles. The molecule has 0 radical (unpaired) electrons. The number of rotatable bonds is 8. The van der Waals surface area contributed by atoms with Gasteiger partial charge in [-0.1, -0.05) is 24.3 Å². The van der Waals surface area contributed by atoms with Gasteiger partial charge in [0.05, 0.1) is 25.9 Å². The second-order valence-corrected chi connectivity index (χ2v) is 6.99. The zero-order chi connectivity index (χ0) is 20.6. The normalized spacial score (nSPS) is 16.9. The molecule has 0 aliphatic carbocycles. The van der Waals surface area contributed by atoms with Crippen LogP contribution in [0.1, 0.15) is 22.9 Å². The molecule has 2 aromatic rings. The fourth-order valence-corrected chi connectivity index (χ4v) is 3.63. The van der Waals surface area contributed by atoms with Crippen molar-refractivity contribution >= 4 is 11.8 Å². The summed E-state index contributed by atoms with van der Waals surface area (Å²) in [6.07, 6.45) is 2.00.